The summed E-state index contributed by atoms with van der Waals surface area (Å²) < 4.78 is 50.4. The highest BCUT2D eigenvalue weighted by Gasteiger charge is 2.38. The summed E-state index contributed by atoms with van der Waals surface area (Å²) in [6, 6.07) is 13.5. The predicted octanol–water partition coefficient (Wildman–Crippen LogP) is 5.29. The highest BCUT2D eigenvalue weighted by Crippen LogP contribution is 2.41. The molecule has 0 bridgehead atoms. The second-order valence-corrected chi connectivity index (χ2v) is 6.54. The van der Waals surface area contributed by atoms with Crippen LogP contribution < -0.4 is 14.9 Å². The minimum atomic E-state index is -4.56. The topological polar surface area (TPSA) is 55.7 Å². The molecule has 3 rings (SSSR count). The molecule has 1 aromatic heterocycles. The van der Waals surface area contributed by atoms with Gasteiger partial charge in [0.25, 0.3) is 0 Å². The van der Waals surface area contributed by atoms with E-state index in [0.717, 1.165) is 11.3 Å². The maximum atomic E-state index is 13.3. The van der Waals surface area contributed by atoms with Gasteiger partial charge in [0.2, 0.25) is 5.13 Å². The third-order valence-electron chi connectivity index (χ3n) is 3.71. The van der Waals surface area contributed by atoms with E-state index in [1.807, 2.05) is 0 Å². The number of aromatic nitrogens is 1. The fourth-order valence-electron chi connectivity index (χ4n) is 2.44. The van der Waals surface area contributed by atoms with Crippen LogP contribution >= 0.6 is 11.3 Å². The van der Waals surface area contributed by atoms with Crippen LogP contribution in [0.15, 0.2) is 53.6 Å². The molecular weight excluding hydrogens is 391 g/mol. The fourth-order valence-corrected chi connectivity index (χ4v) is 3.38. The SMILES string of the molecule is COc1ccc(C=NNc2nc(C(F)(F)F)c(-c3ccccc3)s2)cc1OC. The predicted molar refractivity (Wildman–Crippen MR) is 103 cm³/mol. The average Bonchev–Trinajstić information content (AvgIpc) is 3.13. The lowest BCUT2D eigenvalue weighted by atomic mass is 10.1. The van der Waals surface area contributed by atoms with Crippen molar-refractivity contribution < 1.29 is 22.6 Å². The van der Waals surface area contributed by atoms with E-state index in [4.69, 9.17) is 9.47 Å². The Kier molecular flexibility index (Phi) is 5.84. The Hall–Kier alpha value is -3.07. The van der Waals surface area contributed by atoms with E-state index in [-0.39, 0.29) is 10.0 Å². The number of thiazole rings is 1. The number of rotatable bonds is 6. The first-order chi connectivity index (χ1) is 13.4. The van der Waals surface area contributed by atoms with E-state index in [1.165, 1.54) is 20.4 Å². The molecule has 2 aromatic carbocycles. The van der Waals surface area contributed by atoms with Crippen molar-refractivity contribution in [3.8, 4) is 21.9 Å². The number of hydrazone groups is 1. The van der Waals surface area contributed by atoms with Gasteiger partial charge in [-0.05, 0) is 29.3 Å². The molecule has 0 spiro atoms. The Morgan fingerprint density at radius 2 is 1.75 bits per heavy atom. The Bertz CT molecular complexity index is 972. The number of nitrogens with one attached hydrogen (secondary N) is 1. The average molecular weight is 407 g/mol. The summed E-state index contributed by atoms with van der Waals surface area (Å²) in [6.45, 7) is 0. The van der Waals surface area contributed by atoms with Gasteiger partial charge in [0.1, 0.15) is 0 Å². The smallest absolute Gasteiger partial charge is 0.434 e. The summed E-state index contributed by atoms with van der Waals surface area (Å²) in [4.78, 5) is 3.71. The number of alkyl halides is 3. The summed E-state index contributed by atoms with van der Waals surface area (Å²) in [5.74, 6) is 1.08. The van der Waals surface area contributed by atoms with E-state index in [9.17, 15) is 13.2 Å². The van der Waals surface area contributed by atoms with E-state index < -0.39 is 11.9 Å². The molecular formula is C19H16F3N3O2S. The van der Waals surface area contributed by atoms with Crippen molar-refractivity contribution in [2.24, 2.45) is 5.10 Å². The zero-order valence-corrected chi connectivity index (χ0v) is 15.8. The minimum Gasteiger partial charge on any atom is -0.493 e. The summed E-state index contributed by atoms with van der Waals surface area (Å²) in [5, 5.41) is 4.03. The van der Waals surface area contributed by atoms with Gasteiger partial charge in [0.05, 0.1) is 25.3 Å². The third-order valence-corrected chi connectivity index (χ3v) is 4.72. The van der Waals surface area contributed by atoms with Gasteiger partial charge in [-0.15, -0.1) is 0 Å². The number of anilines is 1. The monoisotopic (exact) mass is 407 g/mol. The third kappa shape index (κ3) is 4.42. The zero-order chi connectivity index (χ0) is 20.1. The lowest BCUT2D eigenvalue weighted by molar-refractivity contribution is -0.140. The van der Waals surface area contributed by atoms with Crippen LogP contribution in [0.2, 0.25) is 0 Å². The molecule has 0 fully saturated rings. The summed E-state index contributed by atoms with van der Waals surface area (Å²) in [6.07, 6.45) is -3.10. The summed E-state index contributed by atoms with van der Waals surface area (Å²) in [5.41, 5.74) is 2.76. The number of nitrogens with zero attached hydrogens (tertiary/aromatic N) is 2. The van der Waals surface area contributed by atoms with E-state index in [2.05, 4.69) is 15.5 Å². The zero-order valence-electron chi connectivity index (χ0n) is 14.9. The normalized spacial score (nSPS) is 11.6. The Balaban J connectivity index is 1.83. The first-order valence-corrected chi connectivity index (χ1v) is 8.88. The molecule has 0 aliphatic rings. The first-order valence-electron chi connectivity index (χ1n) is 8.07. The molecule has 0 radical (unpaired) electrons. The second kappa shape index (κ2) is 8.30. The van der Waals surface area contributed by atoms with Crippen LogP contribution in [0, 0.1) is 0 Å². The van der Waals surface area contributed by atoms with Gasteiger partial charge in [0.15, 0.2) is 17.2 Å². The molecule has 0 atom stereocenters. The van der Waals surface area contributed by atoms with Crippen molar-refractivity contribution in [3.63, 3.8) is 0 Å². The van der Waals surface area contributed by atoms with Crippen LogP contribution in [-0.4, -0.2) is 25.4 Å². The quantitative estimate of drug-likeness (QED) is 0.446. The summed E-state index contributed by atoms with van der Waals surface area (Å²) in [7, 11) is 3.04. The van der Waals surface area contributed by atoms with Crippen LogP contribution in [0.5, 0.6) is 11.5 Å². The van der Waals surface area contributed by atoms with Crippen molar-refractivity contribution in [1.29, 1.82) is 0 Å². The number of hydrogen-bond acceptors (Lipinski definition) is 6. The highest BCUT2D eigenvalue weighted by atomic mass is 32.1. The molecule has 0 saturated heterocycles. The molecule has 3 aromatic rings. The van der Waals surface area contributed by atoms with Gasteiger partial charge in [-0.2, -0.15) is 18.3 Å². The van der Waals surface area contributed by atoms with Crippen LogP contribution in [0.4, 0.5) is 18.3 Å². The minimum absolute atomic E-state index is 0.0388. The number of methoxy groups -OCH3 is 2. The molecule has 0 aliphatic carbocycles. The lowest BCUT2D eigenvalue weighted by Gasteiger charge is -2.07. The molecule has 1 heterocycles. The van der Waals surface area contributed by atoms with Gasteiger partial charge < -0.3 is 9.47 Å². The molecule has 146 valence electrons. The van der Waals surface area contributed by atoms with Crippen molar-refractivity contribution >= 4 is 22.7 Å². The van der Waals surface area contributed by atoms with Crippen LogP contribution in [0.1, 0.15) is 11.3 Å². The molecule has 0 amide bonds. The van der Waals surface area contributed by atoms with Gasteiger partial charge in [0, 0.05) is 0 Å². The first kappa shape index (κ1) is 19.7. The fraction of sp³-hybridized carbons (Fsp3) is 0.158. The molecule has 0 unspecified atom stereocenters. The van der Waals surface area contributed by atoms with Crippen LogP contribution in [0.25, 0.3) is 10.4 Å². The standard InChI is InChI=1S/C19H16F3N3O2S/c1-26-14-9-8-12(10-15(14)27-2)11-23-25-18-24-17(19(20,21)22)16(28-18)13-6-4-3-5-7-13/h3-11H,1-2H3,(H,24,25). The second-order valence-electron chi connectivity index (χ2n) is 5.54. The number of ether oxygens (including phenoxy) is 2. The maximum absolute atomic E-state index is 13.3. The number of halogens is 3. The van der Waals surface area contributed by atoms with E-state index in [1.54, 1.807) is 48.5 Å². The molecule has 28 heavy (non-hydrogen) atoms. The molecule has 0 aliphatic heterocycles. The largest absolute Gasteiger partial charge is 0.493 e. The molecule has 0 saturated carbocycles. The Labute approximate surface area is 163 Å². The molecule has 9 heteroatoms. The van der Waals surface area contributed by atoms with Crippen molar-refractivity contribution in [2.75, 3.05) is 19.6 Å². The van der Waals surface area contributed by atoms with Crippen LogP contribution in [0.3, 0.4) is 0 Å². The van der Waals surface area contributed by atoms with Crippen molar-refractivity contribution in [1.82, 2.24) is 4.98 Å². The van der Waals surface area contributed by atoms with Gasteiger partial charge in [-0.3, -0.25) is 5.43 Å². The maximum Gasteiger partial charge on any atom is 0.434 e. The molecule has 5 nitrogen and oxygen atoms in total. The number of hydrogen-bond donors (Lipinski definition) is 1. The van der Waals surface area contributed by atoms with E-state index in [0.29, 0.717) is 22.6 Å². The van der Waals surface area contributed by atoms with Crippen LogP contribution in [-0.2, 0) is 6.18 Å². The van der Waals surface area contributed by atoms with Gasteiger partial charge in [-0.25, -0.2) is 4.98 Å². The van der Waals surface area contributed by atoms with Crippen molar-refractivity contribution in [2.45, 2.75) is 6.18 Å². The Morgan fingerprint density at radius 1 is 1.04 bits per heavy atom. The summed E-state index contributed by atoms with van der Waals surface area (Å²) >= 11 is 0.888. The van der Waals surface area contributed by atoms with Crippen molar-refractivity contribution in [3.05, 3.63) is 59.8 Å². The molecule has 1 N–H and O–H groups in total. The lowest BCUT2D eigenvalue weighted by Crippen LogP contribution is -2.07. The number of benzene rings is 2. The Morgan fingerprint density at radius 3 is 2.39 bits per heavy atom. The van der Waals surface area contributed by atoms with Gasteiger partial charge in [-0.1, -0.05) is 41.7 Å². The van der Waals surface area contributed by atoms with E-state index >= 15 is 0 Å². The highest BCUT2D eigenvalue weighted by molar-refractivity contribution is 7.19. The van der Waals surface area contributed by atoms with Gasteiger partial charge >= 0.3 is 6.18 Å².